The molecule has 0 fully saturated rings. The first-order chi connectivity index (χ1) is 9.30. The molecule has 0 unspecified atom stereocenters. The zero-order valence-corrected chi connectivity index (χ0v) is 11.6. The first-order valence-corrected chi connectivity index (χ1v) is 6.25. The predicted octanol–water partition coefficient (Wildman–Crippen LogP) is 3.09. The summed E-state index contributed by atoms with van der Waals surface area (Å²) in [4.78, 5) is 0. The van der Waals surface area contributed by atoms with Gasteiger partial charge in [0.25, 0.3) is 0 Å². The van der Waals surface area contributed by atoms with E-state index < -0.39 is 0 Å². The first kappa shape index (κ1) is 13.4. The van der Waals surface area contributed by atoms with Gasteiger partial charge in [-0.15, -0.1) is 0 Å². The van der Waals surface area contributed by atoms with Crippen molar-refractivity contribution in [3.63, 3.8) is 0 Å². The summed E-state index contributed by atoms with van der Waals surface area (Å²) >= 11 is 0. The molecule has 3 nitrogen and oxygen atoms in total. The third-order valence-electron chi connectivity index (χ3n) is 3.02. The summed E-state index contributed by atoms with van der Waals surface area (Å²) in [6.07, 6.45) is 0. The van der Waals surface area contributed by atoms with Crippen molar-refractivity contribution in [2.24, 2.45) is 0 Å². The summed E-state index contributed by atoms with van der Waals surface area (Å²) < 4.78 is 10.9. The van der Waals surface area contributed by atoms with Crippen LogP contribution in [0, 0.1) is 0 Å². The maximum Gasteiger partial charge on any atom is 0.130 e. The van der Waals surface area contributed by atoms with Crippen molar-refractivity contribution in [1.29, 1.82) is 0 Å². The first-order valence-electron chi connectivity index (χ1n) is 6.25. The number of methoxy groups -OCH3 is 2. The monoisotopic (exact) mass is 257 g/mol. The topological polar surface area (TPSA) is 30.5 Å². The highest BCUT2D eigenvalue weighted by molar-refractivity contribution is 5.77. The molecule has 0 atom stereocenters. The largest absolute Gasteiger partial charge is 0.496 e. The van der Waals surface area contributed by atoms with Gasteiger partial charge in [0.15, 0.2) is 0 Å². The molecule has 0 saturated heterocycles. The van der Waals surface area contributed by atoms with E-state index in [1.54, 1.807) is 14.2 Å². The van der Waals surface area contributed by atoms with Crippen LogP contribution in [0.2, 0.25) is 0 Å². The lowest BCUT2D eigenvalue weighted by Crippen LogP contribution is -2.04. The standard InChI is InChI=1S/C16H19NO2/c1-17-11-12-6-4-7-13(10-12)16-14(18-2)8-5-9-15(16)19-3/h4-10,17H,11H2,1-3H3. The number of ether oxygens (including phenoxy) is 2. The molecule has 0 saturated carbocycles. The Kier molecular flexibility index (Phi) is 4.42. The predicted molar refractivity (Wildman–Crippen MR) is 77.7 cm³/mol. The zero-order chi connectivity index (χ0) is 13.7. The molecule has 0 radical (unpaired) electrons. The molecular formula is C16H19NO2. The van der Waals surface area contributed by atoms with Crippen molar-refractivity contribution in [3.05, 3.63) is 48.0 Å². The molecule has 1 N–H and O–H groups in total. The lowest BCUT2D eigenvalue weighted by atomic mass is 10.0. The van der Waals surface area contributed by atoms with E-state index in [4.69, 9.17) is 9.47 Å². The molecule has 100 valence electrons. The Labute approximate surface area is 114 Å². The average Bonchev–Trinajstić information content (AvgIpc) is 2.47. The van der Waals surface area contributed by atoms with Crippen molar-refractivity contribution in [2.45, 2.75) is 6.54 Å². The second-order valence-corrected chi connectivity index (χ2v) is 4.27. The maximum atomic E-state index is 5.45. The zero-order valence-electron chi connectivity index (χ0n) is 11.6. The van der Waals surface area contributed by atoms with Gasteiger partial charge >= 0.3 is 0 Å². The molecule has 0 aliphatic heterocycles. The Morgan fingerprint density at radius 2 is 1.58 bits per heavy atom. The molecule has 0 aliphatic rings. The van der Waals surface area contributed by atoms with Gasteiger partial charge in [0.2, 0.25) is 0 Å². The normalized spacial score (nSPS) is 10.3. The molecular weight excluding hydrogens is 238 g/mol. The molecule has 3 heteroatoms. The average molecular weight is 257 g/mol. The summed E-state index contributed by atoms with van der Waals surface area (Å²) in [6.45, 7) is 0.839. The third-order valence-corrected chi connectivity index (χ3v) is 3.02. The second kappa shape index (κ2) is 6.25. The van der Waals surface area contributed by atoms with Crippen LogP contribution in [-0.2, 0) is 6.54 Å². The van der Waals surface area contributed by atoms with Crippen molar-refractivity contribution in [1.82, 2.24) is 5.32 Å². The maximum absolute atomic E-state index is 5.45. The third kappa shape index (κ3) is 2.88. The molecule has 0 aromatic heterocycles. The van der Waals surface area contributed by atoms with Gasteiger partial charge in [0, 0.05) is 6.54 Å². The highest BCUT2D eigenvalue weighted by Crippen LogP contribution is 2.38. The lowest BCUT2D eigenvalue weighted by Gasteiger charge is -2.14. The molecule has 0 spiro atoms. The van der Waals surface area contributed by atoms with Crippen LogP contribution in [0.1, 0.15) is 5.56 Å². The Morgan fingerprint density at radius 1 is 0.947 bits per heavy atom. The van der Waals surface area contributed by atoms with E-state index in [0.29, 0.717) is 0 Å². The molecule has 0 amide bonds. The summed E-state index contributed by atoms with van der Waals surface area (Å²) in [6, 6.07) is 14.2. The van der Waals surface area contributed by atoms with Crippen LogP contribution in [-0.4, -0.2) is 21.3 Å². The summed E-state index contributed by atoms with van der Waals surface area (Å²) in [5.74, 6) is 1.64. The van der Waals surface area contributed by atoms with Crippen LogP contribution >= 0.6 is 0 Å². The number of hydrogen-bond acceptors (Lipinski definition) is 3. The Bertz CT molecular complexity index is 530. The van der Waals surface area contributed by atoms with E-state index >= 15 is 0 Å². The second-order valence-electron chi connectivity index (χ2n) is 4.27. The van der Waals surface area contributed by atoms with Gasteiger partial charge in [-0.25, -0.2) is 0 Å². The van der Waals surface area contributed by atoms with E-state index in [-0.39, 0.29) is 0 Å². The van der Waals surface area contributed by atoms with E-state index in [9.17, 15) is 0 Å². The molecule has 2 aromatic carbocycles. The van der Waals surface area contributed by atoms with Crippen LogP contribution in [0.5, 0.6) is 11.5 Å². The van der Waals surface area contributed by atoms with Gasteiger partial charge in [-0.2, -0.15) is 0 Å². The van der Waals surface area contributed by atoms with Gasteiger partial charge in [-0.1, -0.05) is 24.3 Å². The van der Waals surface area contributed by atoms with E-state index in [2.05, 4.69) is 23.5 Å². The highest BCUT2D eigenvalue weighted by atomic mass is 16.5. The minimum absolute atomic E-state index is 0.820. The minimum Gasteiger partial charge on any atom is -0.496 e. The van der Waals surface area contributed by atoms with Gasteiger partial charge in [0.1, 0.15) is 11.5 Å². The van der Waals surface area contributed by atoms with Gasteiger partial charge in [-0.05, 0) is 36.4 Å². The summed E-state index contributed by atoms with van der Waals surface area (Å²) in [5.41, 5.74) is 3.32. The molecule has 19 heavy (non-hydrogen) atoms. The van der Waals surface area contributed by atoms with Crippen LogP contribution in [0.15, 0.2) is 42.5 Å². The van der Waals surface area contributed by atoms with E-state index in [1.807, 2.05) is 31.3 Å². The van der Waals surface area contributed by atoms with Crippen LogP contribution in [0.4, 0.5) is 0 Å². The minimum atomic E-state index is 0.820. The van der Waals surface area contributed by atoms with E-state index in [1.165, 1.54) is 5.56 Å². The molecule has 0 bridgehead atoms. The lowest BCUT2D eigenvalue weighted by molar-refractivity contribution is 0.397. The van der Waals surface area contributed by atoms with Crippen molar-refractivity contribution in [2.75, 3.05) is 21.3 Å². The Hall–Kier alpha value is -2.00. The molecule has 2 rings (SSSR count). The summed E-state index contributed by atoms with van der Waals surface area (Å²) in [5, 5.41) is 3.16. The smallest absolute Gasteiger partial charge is 0.130 e. The van der Waals surface area contributed by atoms with Crippen LogP contribution < -0.4 is 14.8 Å². The Balaban J connectivity index is 2.53. The number of nitrogens with one attached hydrogen (secondary N) is 1. The fourth-order valence-electron chi connectivity index (χ4n) is 2.18. The van der Waals surface area contributed by atoms with Gasteiger partial charge in [-0.3, -0.25) is 0 Å². The van der Waals surface area contributed by atoms with Crippen LogP contribution in [0.25, 0.3) is 11.1 Å². The highest BCUT2D eigenvalue weighted by Gasteiger charge is 2.12. The Morgan fingerprint density at radius 3 is 2.16 bits per heavy atom. The fraction of sp³-hybridized carbons (Fsp3) is 0.250. The van der Waals surface area contributed by atoms with Gasteiger partial charge < -0.3 is 14.8 Å². The number of benzene rings is 2. The summed E-state index contributed by atoms with van der Waals surface area (Å²) in [7, 11) is 5.29. The van der Waals surface area contributed by atoms with Crippen LogP contribution in [0.3, 0.4) is 0 Å². The molecule has 0 aliphatic carbocycles. The number of hydrogen-bond donors (Lipinski definition) is 1. The SMILES string of the molecule is CNCc1cccc(-c2c(OC)cccc2OC)c1. The molecule has 2 aromatic rings. The molecule has 0 heterocycles. The quantitative estimate of drug-likeness (QED) is 0.893. The number of rotatable bonds is 5. The fourth-order valence-corrected chi connectivity index (χ4v) is 2.18. The van der Waals surface area contributed by atoms with Crippen molar-refractivity contribution in [3.8, 4) is 22.6 Å². The van der Waals surface area contributed by atoms with Crippen molar-refractivity contribution < 1.29 is 9.47 Å². The van der Waals surface area contributed by atoms with Gasteiger partial charge in [0.05, 0.1) is 19.8 Å². The van der Waals surface area contributed by atoms with E-state index in [0.717, 1.165) is 29.2 Å². The van der Waals surface area contributed by atoms with Crippen molar-refractivity contribution >= 4 is 0 Å².